The van der Waals surface area contributed by atoms with Gasteiger partial charge in [0.15, 0.2) is 0 Å². The highest BCUT2D eigenvalue weighted by Gasteiger charge is 2.08. The van der Waals surface area contributed by atoms with E-state index in [2.05, 4.69) is 15.6 Å². The molecule has 0 aliphatic rings. The van der Waals surface area contributed by atoms with Crippen LogP contribution in [0.15, 0.2) is 48.8 Å². The summed E-state index contributed by atoms with van der Waals surface area (Å²) in [4.78, 5) is 15.9. The van der Waals surface area contributed by atoms with Crippen molar-refractivity contribution in [2.75, 3.05) is 5.32 Å². The number of ether oxygens (including phenoxy) is 1. The van der Waals surface area contributed by atoms with Crippen LogP contribution in [0, 0.1) is 0 Å². The number of amides is 2. The van der Waals surface area contributed by atoms with Crippen molar-refractivity contribution >= 4 is 11.7 Å². The fourth-order valence-corrected chi connectivity index (χ4v) is 1.78. The summed E-state index contributed by atoms with van der Waals surface area (Å²) >= 11 is 0. The summed E-state index contributed by atoms with van der Waals surface area (Å²) < 4.78 is 5.66. The van der Waals surface area contributed by atoms with Crippen molar-refractivity contribution in [3.05, 3.63) is 54.4 Å². The van der Waals surface area contributed by atoms with E-state index in [4.69, 9.17) is 4.74 Å². The van der Waals surface area contributed by atoms with E-state index < -0.39 is 0 Å². The minimum Gasteiger partial charge on any atom is -0.489 e. The summed E-state index contributed by atoms with van der Waals surface area (Å²) in [5, 5.41) is 5.59. The van der Waals surface area contributed by atoms with E-state index >= 15 is 0 Å². The van der Waals surface area contributed by atoms with Gasteiger partial charge in [-0.25, -0.2) is 4.79 Å². The zero-order chi connectivity index (χ0) is 15.1. The normalized spacial score (nSPS) is 10.2. The summed E-state index contributed by atoms with van der Waals surface area (Å²) in [6.45, 7) is 4.34. The summed E-state index contributed by atoms with van der Waals surface area (Å²) in [5.74, 6) is 0.659. The number of benzene rings is 1. The van der Waals surface area contributed by atoms with Crippen LogP contribution >= 0.6 is 0 Å². The second-order valence-electron chi connectivity index (χ2n) is 4.83. The first kappa shape index (κ1) is 14.8. The van der Waals surface area contributed by atoms with Crippen LogP contribution < -0.4 is 15.4 Å². The lowest BCUT2D eigenvalue weighted by atomic mass is 10.2. The maximum Gasteiger partial charge on any atom is 0.319 e. The first-order valence-corrected chi connectivity index (χ1v) is 6.84. The van der Waals surface area contributed by atoms with E-state index in [1.54, 1.807) is 12.4 Å². The Bertz CT molecular complexity index is 585. The second kappa shape index (κ2) is 7.28. The Hall–Kier alpha value is -2.56. The molecule has 2 rings (SSSR count). The molecule has 0 aliphatic heterocycles. The molecule has 0 aliphatic carbocycles. The van der Waals surface area contributed by atoms with E-state index in [1.165, 1.54) is 0 Å². The van der Waals surface area contributed by atoms with E-state index in [1.807, 2.05) is 50.2 Å². The molecule has 5 nitrogen and oxygen atoms in total. The molecule has 21 heavy (non-hydrogen) atoms. The summed E-state index contributed by atoms with van der Waals surface area (Å²) in [6.07, 6.45) is 3.44. The Balaban J connectivity index is 1.93. The third kappa shape index (κ3) is 4.80. The van der Waals surface area contributed by atoms with E-state index in [0.717, 1.165) is 5.56 Å². The Kier molecular flexibility index (Phi) is 5.15. The molecule has 1 aromatic heterocycles. The molecule has 110 valence electrons. The molecule has 1 aromatic carbocycles. The van der Waals surface area contributed by atoms with Gasteiger partial charge in [0.25, 0.3) is 0 Å². The molecule has 0 atom stereocenters. The van der Waals surface area contributed by atoms with Crippen molar-refractivity contribution in [3.63, 3.8) is 0 Å². The maximum atomic E-state index is 11.9. The Morgan fingerprint density at radius 2 is 1.90 bits per heavy atom. The first-order valence-electron chi connectivity index (χ1n) is 6.84. The van der Waals surface area contributed by atoms with Crippen LogP contribution in [0.5, 0.6) is 5.75 Å². The number of nitrogens with one attached hydrogen (secondary N) is 2. The largest absolute Gasteiger partial charge is 0.489 e. The summed E-state index contributed by atoms with van der Waals surface area (Å²) in [5.41, 5.74) is 1.64. The van der Waals surface area contributed by atoms with Crippen molar-refractivity contribution in [2.45, 2.75) is 26.5 Å². The monoisotopic (exact) mass is 285 g/mol. The van der Waals surface area contributed by atoms with Crippen molar-refractivity contribution < 1.29 is 9.53 Å². The van der Waals surface area contributed by atoms with E-state index in [9.17, 15) is 4.79 Å². The number of rotatable bonds is 5. The van der Waals surface area contributed by atoms with E-state index in [-0.39, 0.29) is 12.1 Å². The van der Waals surface area contributed by atoms with Crippen LogP contribution in [-0.2, 0) is 6.54 Å². The van der Waals surface area contributed by atoms with Gasteiger partial charge in [0.05, 0.1) is 11.8 Å². The van der Waals surface area contributed by atoms with E-state index in [0.29, 0.717) is 18.0 Å². The van der Waals surface area contributed by atoms with Gasteiger partial charge in [-0.05, 0) is 43.7 Å². The molecule has 2 amide bonds. The summed E-state index contributed by atoms with van der Waals surface area (Å²) in [6, 6.07) is 10.8. The van der Waals surface area contributed by atoms with Crippen molar-refractivity contribution in [1.82, 2.24) is 10.3 Å². The molecule has 2 aromatic rings. The number of urea groups is 1. The van der Waals surface area contributed by atoms with Gasteiger partial charge in [0, 0.05) is 18.9 Å². The number of hydrogen-bond acceptors (Lipinski definition) is 3. The van der Waals surface area contributed by atoms with Crippen molar-refractivity contribution in [2.24, 2.45) is 0 Å². The van der Waals surface area contributed by atoms with Gasteiger partial charge in [0.2, 0.25) is 0 Å². The smallest absolute Gasteiger partial charge is 0.319 e. The fraction of sp³-hybridized carbons (Fsp3) is 0.250. The molecule has 0 saturated heterocycles. The number of hydrogen-bond donors (Lipinski definition) is 2. The van der Waals surface area contributed by atoms with Gasteiger partial charge in [-0.3, -0.25) is 4.98 Å². The van der Waals surface area contributed by atoms with Gasteiger partial charge in [-0.15, -0.1) is 0 Å². The molecule has 0 radical (unpaired) electrons. The zero-order valence-electron chi connectivity index (χ0n) is 12.2. The van der Waals surface area contributed by atoms with Crippen LogP contribution in [0.2, 0.25) is 0 Å². The molecule has 0 saturated carbocycles. The van der Waals surface area contributed by atoms with Gasteiger partial charge < -0.3 is 15.4 Å². The molecule has 1 heterocycles. The number of carbonyl (C=O) groups is 1. The highest BCUT2D eigenvalue weighted by molar-refractivity contribution is 5.90. The topological polar surface area (TPSA) is 63.2 Å². The quantitative estimate of drug-likeness (QED) is 0.886. The average Bonchev–Trinajstić information content (AvgIpc) is 2.48. The standard InChI is InChI=1S/C16H19N3O2/c1-12(2)21-15-6-4-3-5-14(15)19-16(20)18-11-13-7-9-17-10-8-13/h3-10,12H,11H2,1-2H3,(H2,18,19,20). The van der Waals surface area contributed by atoms with Gasteiger partial charge >= 0.3 is 6.03 Å². The highest BCUT2D eigenvalue weighted by atomic mass is 16.5. The first-order chi connectivity index (χ1) is 10.1. The number of anilines is 1. The summed E-state index contributed by atoms with van der Waals surface area (Å²) in [7, 11) is 0. The SMILES string of the molecule is CC(C)Oc1ccccc1NC(=O)NCc1ccncc1. The zero-order valence-corrected chi connectivity index (χ0v) is 12.2. The molecular weight excluding hydrogens is 266 g/mol. The number of carbonyl (C=O) groups excluding carboxylic acids is 1. The number of nitrogens with zero attached hydrogens (tertiary/aromatic N) is 1. The lowest BCUT2D eigenvalue weighted by molar-refractivity contribution is 0.241. The minimum absolute atomic E-state index is 0.0489. The van der Waals surface area contributed by atoms with Crippen LogP contribution in [0.3, 0.4) is 0 Å². The maximum absolute atomic E-state index is 11.9. The molecule has 5 heteroatoms. The molecule has 0 fully saturated rings. The number of aromatic nitrogens is 1. The van der Waals surface area contributed by atoms with Crippen molar-refractivity contribution in [3.8, 4) is 5.75 Å². The predicted octanol–water partition coefficient (Wildman–Crippen LogP) is 3.19. The van der Waals surface area contributed by atoms with Crippen molar-refractivity contribution in [1.29, 1.82) is 0 Å². The predicted molar refractivity (Wildman–Crippen MR) is 82.3 cm³/mol. The third-order valence-electron chi connectivity index (χ3n) is 2.70. The number of para-hydroxylation sites is 2. The Labute approximate surface area is 124 Å². The molecule has 0 unspecified atom stereocenters. The second-order valence-corrected chi connectivity index (χ2v) is 4.83. The van der Waals surface area contributed by atoms with Gasteiger partial charge in [0.1, 0.15) is 5.75 Å². The Morgan fingerprint density at radius 1 is 1.19 bits per heavy atom. The minimum atomic E-state index is -0.272. The Morgan fingerprint density at radius 3 is 2.62 bits per heavy atom. The van der Waals surface area contributed by atoms with Crippen LogP contribution in [-0.4, -0.2) is 17.1 Å². The molecule has 2 N–H and O–H groups in total. The highest BCUT2D eigenvalue weighted by Crippen LogP contribution is 2.24. The number of pyridine rings is 1. The molecule has 0 bridgehead atoms. The average molecular weight is 285 g/mol. The van der Waals surface area contributed by atoms with Crippen LogP contribution in [0.4, 0.5) is 10.5 Å². The van der Waals surface area contributed by atoms with Gasteiger partial charge in [-0.2, -0.15) is 0 Å². The third-order valence-corrected chi connectivity index (χ3v) is 2.70. The fourth-order valence-electron chi connectivity index (χ4n) is 1.78. The molecular formula is C16H19N3O2. The van der Waals surface area contributed by atoms with Crippen LogP contribution in [0.25, 0.3) is 0 Å². The van der Waals surface area contributed by atoms with Crippen LogP contribution in [0.1, 0.15) is 19.4 Å². The lowest BCUT2D eigenvalue weighted by Crippen LogP contribution is -2.28. The lowest BCUT2D eigenvalue weighted by Gasteiger charge is -2.15. The van der Waals surface area contributed by atoms with Gasteiger partial charge in [-0.1, -0.05) is 12.1 Å². The molecule has 0 spiro atoms.